The minimum Gasteiger partial charge on any atom is -0.480 e. The van der Waals surface area contributed by atoms with Crippen molar-refractivity contribution in [1.82, 2.24) is 0 Å². The van der Waals surface area contributed by atoms with Crippen LogP contribution >= 0.6 is 0 Å². The lowest BCUT2D eigenvalue weighted by Gasteiger charge is -2.33. The third-order valence-corrected chi connectivity index (χ3v) is 6.29. The lowest BCUT2D eigenvalue weighted by Crippen LogP contribution is -2.34. The van der Waals surface area contributed by atoms with E-state index in [4.69, 9.17) is 9.84 Å². The molecule has 5 heteroatoms. The highest BCUT2D eigenvalue weighted by molar-refractivity contribution is 7.86. The van der Waals surface area contributed by atoms with Crippen LogP contribution < -0.4 is 0 Å². The molecule has 1 saturated heterocycles. The van der Waals surface area contributed by atoms with E-state index in [1.165, 1.54) is 19.3 Å². The van der Waals surface area contributed by atoms with Crippen molar-refractivity contribution in [1.29, 1.82) is 0 Å². The van der Waals surface area contributed by atoms with Gasteiger partial charge in [-0.15, -0.1) is 0 Å². The third-order valence-electron chi connectivity index (χ3n) is 4.42. The van der Waals surface area contributed by atoms with Crippen LogP contribution in [0.2, 0.25) is 0 Å². The molecule has 1 N–H and O–H groups in total. The maximum Gasteiger partial charge on any atom is 0.319 e. The second-order valence-electron chi connectivity index (χ2n) is 5.80. The predicted octanol–water partition coefficient (Wildman–Crippen LogP) is 2.48. The van der Waals surface area contributed by atoms with Crippen molar-refractivity contribution in [3.63, 3.8) is 0 Å². The molecule has 0 bridgehead atoms. The summed E-state index contributed by atoms with van der Waals surface area (Å²) >= 11 is 0. The molecule has 0 aromatic carbocycles. The fraction of sp³-hybridized carbons (Fsp3) is 0.929. The zero-order valence-electron chi connectivity index (χ0n) is 11.6. The van der Waals surface area contributed by atoms with Crippen LogP contribution in [-0.4, -0.2) is 38.0 Å². The molecule has 1 saturated carbocycles. The number of carbonyl (C=O) groups is 1. The molecule has 0 radical (unpaired) electrons. The second-order valence-corrected chi connectivity index (χ2v) is 7.47. The van der Waals surface area contributed by atoms with Gasteiger partial charge in [0.15, 0.2) is 0 Å². The van der Waals surface area contributed by atoms with Gasteiger partial charge in [-0.2, -0.15) is 0 Å². The zero-order chi connectivity index (χ0) is 13.9. The average molecular weight is 288 g/mol. The van der Waals surface area contributed by atoms with Crippen LogP contribution in [0.3, 0.4) is 0 Å². The summed E-state index contributed by atoms with van der Waals surface area (Å²) in [7, 11) is -1.32. The van der Waals surface area contributed by atoms with E-state index in [9.17, 15) is 9.00 Å². The highest BCUT2D eigenvalue weighted by Crippen LogP contribution is 2.42. The van der Waals surface area contributed by atoms with Crippen LogP contribution in [0.15, 0.2) is 0 Å². The Hall–Kier alpha value is -0.420. The maximum atomic E-state index is 12.1. The molecule has 2 rings (SSSR count). The van der Waals surface area contributed by atoms with Crippen LogP contribution in [0.4, 0.5) is 0 Å². The lowest BCUT2D eigenvalue weighted by atomic mass is 9.83. The van der Waals surface area contributed by atoms with Gasteiger partial charge in [0.05, 0.1) is 17.5 Å². The Bertz CT molecular complexity index is 349. The first kappa shape index (κ1) is 15.0. The lowest BCUT2D eigenvalue weighted by molar-refractivity contribution is -0.136. The van der Waals surface area contributed by atoms with Gasteiger partial charge in [-0.25, -0.2) is 0 Å². The number of hydrogen-bond donors (Lipinski definition) is 1. The highest BCUT2D eigenvalue weighted by atomic mass is 32.2. The second kappa shape index (κ2) is 6.35. The predicted molar refractivity (Wildman–Crippen MR) is 74.6 cm³/mol. The molecule has 0 amide bonds. The summed E-state index contributed by atoms with van der Waals surface area (Å²) < 4.78 is 18.2. The highest BCUT2D eigenvalue weighted by Gasteiger charge is 2.41. The molecule has 1 heterocycles. The number of carboxylic acid groups (broad SMARTS) is 1. The van der Waals surface area contributed by atoms with Crippen molar-refractivity contribution in [3.8, 4) is 0 Å². The van der Waals surface area contributed by atoms with Gasteiger partial charge in [-0.3, -0.25) is 9.00 Å². The van der Waals surface area contributed by atoms with Gasteiger partial charge in [-0.05, 0) is 32.1 Å². The molecule has 1 spiro atoms. The third kappa shape index (κ3) is 3.57. The monoisotopic (exact) mass is 288 g/mol. The fourth-order valence-corrected chi connectivity index (χ4v) is 4.78. The summed E-state index contributed by atoms with van der Waals surface area (Å²) in [6.45, 7) is 1.77. The minimum absolute atomic E-state index is 0.00710. The van der Waals surface area contributed by atoms with E-state index >= 15 is 0 Å². The van der Waals surface area contributed by atoms with Gasteiger partial charge in [0.2, 0.25) is 0 Å². The Kier molecular flexibility index (Phi) is 5.01. The van der Waals surface area contributed by atoms with Gasteiger partial charge in [0.25, 0.3) is 0 Å². The molecule has 0 aromatic heterocycles. The molecule has 3 atom stereocenters. The van der Waals surface area contributed by atoms with E-state index in [2.05, 4.69) is 0 Å². The van der Waals surface area contributed by atoms with Crippen molar-refractivity contribution in [2.24, 2.45) is 0 Å². The molecule has 2 aliphatic rings. The van der Waals surface area contributed by atoms with E-state index in [0.717, 1.165) is 25.7 Å². The van der Waals surface area contributed by atoms with E-state index < -0.39 is 22.0 Å². The van der Waals surface area contributed by atoms with Gasteiger partial charge in [-0.1, -0.05) is 26.2 Å². The van der Waals surface area contributed by atoms with Crippen LogP contribution in [0, 0.1) is 0 Å². The van der Waals surface area contributed by atoms with E-state index in [1.807, 2.05) is 0 Å². The topological polar surface area (TPSA) is 63.6 Å². The van der Waals surface area contributed by atoms with Crippen LogP contribution in [0.5, 0.6) is 0 Å². The molecule has 1 aliphatic heterocycles. The van der Waals surface area contributed by atoms with Crippen molar-refractivity contribution in [2.75, 3.05) is 5.75 Å². The normalized spacial score (nSPS) is 29.2. The number of rotatable bonds is 5. The smallest absolute Gasteiger partial charge is 0.319 e. The molecular formula is C14H24O4S. The number of hydrogen-bond acceptors (Lipinski definition) is 3. The van der Waals surface area contributed by atoms with E-state index in [0.29, 0.717) is 12.2 Å². The van der Waals surface area contributed by atoms with Gasteiger partial charge < -0.3 is 9.84 Å². The van der Waals surface area contributed by atoms with Crippen LogP contribution in [0.1, 0.15) is 58.3 Å². The van der Waals surface area contributed by atoms with Crippen molar-refractivity contribution in [2.45, 2.75) is 75.2 Å². The van der Waals surface area contributed by atoms with Gasteiger partial charge >= 0.3 is 5.97 Å². The first-order chi connectivity index (χ1) is 9.06. The van der Waals surface area contributed by atoms with Crippen molar-refractivity contribution in [3.05, 3.63) is 0 Å². The van der Waals surface area contributed by atoms with Crippen molar-refractivity contribution >= 4 is 16.8 Å². The Balaban J connectivity index is 1.87. The quantitative estimate of drug-likeness (QED) is 0.844. The van der Waals surface area contributed by atoms with E-state index in [-0.39, 0.29) is 11.7 Å². The van der Waals surface area contributed by atoms with Gasteiger partial charge in [0, 0.05) is 10.8 Å². The zero-order valence-corrected chi connectivity index (χ0v) is 12.4. The Morgan fingerprint density at radius 2 is 2.05 bits per heavy atom. The summed E-state index contributed by atoms with van der Waals surface area (Å²) in [5.41, 5.74) is 0.0258. The molecule has 1 aliphatic carbocycles. The average Bonchev–Trinajstić information content (AvgIpc) is 2.73. The van der Waals surface area contributed by atoms with Gasteiger partial charge in [0.1, 0.15) is 5.25 Å². The first-order valence-corrected chi connectivity index (χ1v) is 8.72. The first-order valence-electron chi connectivity index (χ1n) is 7.34. The molecular weight excluding hydrogens is 264 g/mol. The molecule has 19 heavy (non-hydrogen) atoms. The SMILES string of the molecule is CCC(C(=O)O)S(=O)CC1CCC2(CCCCC2)O1. The maximum absolute atomic E-state index is 12.1. The molecule has 4 nitrogen and oxygen atoms in total. The van der Waals surface area contributed by atoms with E-state index in [1.54, 1.807) is 6.92 Å². The molecule has 3 unspecified atom stereocenters. The molecule has 2 fully saturated rings. The fourth-order valence-electron chi connectivity index (χ4n) is 3.35. The van der Waals surface area contributed by atoms with Crippen LogP contribution in [-0.2, 0) is 20.3 Å². The molecule has 110 valence electrons. The summed E-state index contributed by atoms with van der Waals surface area (Å²) in [6, 6.07) is 0. The van der Waals surface area contributed by atoms with Crippen molar-refractivity contribution < 1.29 is 18.8 Å². The minimum atomic E-state index is -1.32. The summed E-state index contributed by atoms with van der Waals surface area (Å²) in [6.07, 6.45) is 8.37. The largest absolute Gasteiger partial charge is 0.480 e. The Morgan fingerprint density at radius 1 is 1.37 bits per heavy atom. The van der Waals surface area contributed by atoms with Crippen LogP contribution in [0.25, 0.3) is 0 Å². The number of ether oxygens (including phenoxy) is 1. The number of aliphatic carboxylic acids is 1. The Labute approximate surface area is 117 Å². The molecule has 0 aromatic rings. The summed E-state index contributed by atoms with van der Waals surface area (Å²) in [5.74, 6) is -0.571. The Morgan fingerprint density at radius 3 is 2.63 bits per heavy atom. The standard InChI is InChI=1S/C14H24O4S/c1-2-12(13(15)16)19(17)10-11-6-9-14(18-11)7-4-3-5-8-14/h11-12H,2-10H2,1H3,(H,15,16). The number of carboxylic acids is 1. The summed E-state index contributed by atoms with van der Waals surface area (Å²) in [4.78, 5) is 11.0. The summed E-state index contributed by atoms with van der Waals surface area (Å²) in [5, 5.41) is 8.28.